The average Bonchev–Trinajstić information content (AvgIpc) is 2.74. The second-order valence-corrected chi connectivity index (χ2v) is 4.31. The number of aromatic amines is 1. The van der Waals surface area contributed by atoms with Crippen LogP contribution in [0.4, 0.5) is 4.39 Å². The number of hydrogen-bond acceptors (Lipinski definition) is 2. The fraction of sp³-hybridized carbons (Fsp3) is 0.308. The van der Waals surface area contributed by atoms with Gasteiger partial charge in [-0.2, -0.15) is 0 Å². The van der Waals surface area contributed by atoms with E-state index in [-0.39, 0.29) is 5.82 Å². The number of nitrogens with zero attached hydrogens (tertiary/aromatic N) is 1. The topological polar surface area (TPSA) is 54.7 Å². The van der Waals surface area contributed by atoms with Gasteiger partial charge in [-0.05, 0) is 30.2 Å². The first-order chi connectivity index (χ1) is 8.11. The summed E-state index contributed by atoms with van der Waals surface area (Å²) in [5, 5.41) is 0. The van der Waals surface area contributed by atoms with Crippen LogP contribution in [0.3, 0.4) is 0 Å². The summed E-state index contributed by atoms with van der Waals surface area (Å²) in [5.74, 6) is 0.838. The van der Waals surface area contributed by atoms with Crippen LogP contribution in [0, 0.1) is 5.82 Å². The van der Waals surface area contributed by atoms with Gasteiger partial charge in [-0.1, -0.05) is 13.8 Å². The molecule has 0 atom stereocenters. The molecule has 4 heteroatoms. The van der Waals surface area contributed by atoms with Gasteiger partial charge in [0, 0.05) is 11.3 Å². The van der Waals surface area contributed by atoms with E-state index in [0.29, 0.717) is 12.5 Å². The standard InChI is InChI=1S/C13H16FN3/c1-8(2)12-13(17-11(7-15)16-12)9-3-5-10(14)6-4-9/h3-6,8H,7,15H2,1-2H3,(H,16,17). The molecule has 2 rings (SSSR count). The molecular formula is C13H16FN3. The molecule has 0 fully saturated rings. The molecule has 1 aromatic carbocycles. The Hall–Kier alpha value is -1.68. The van der Waals surface area contributed by atoms with E-state index in [4.69, 9.17) is 5.73 Å². The third-order valence-electron chi connectivity index (χ3n) is 2.67. The Morgan fingerprint density at radius 2 is 1.94 bits per heavy atom. The van der Waals surface area contributed by atoms with Crippen LogP contribution in [-0.4, -0.2) is 9.97 Å². The lowest BCUT2D eigenvalue weighted by molar-refractivity contribution is 0.628. The van der Waals surface area contributed by atoms with Crippen molar-refractivity contribution >= 4 is 0 Å². The second-order valence-electron chi connectivity index (χ2n) is 4.31. The lowest BCUT2D eigenvalue weighted by atomic mass is 10.0. The normalized spacial score (nSPS) is 11.1. The highest BCUT2D eigenvalue weighted by Crippen LogP contribution is 2.27. The first kappa shape index (κ1) is 11.8. The van der Waals surface area contributed by atoms with Crippen molar-refractivity contribution in [3.05, 3.63) is 41.6 Å². The van der Waals surface area contributed by atoms with E-state index in [9.17, 15) is 4.39 Å². The Balaban J connectivity index is 2.49. The minimum absolute atomic E-state index is 0.241. The van der Waals surface area contributed by atoms with Gasteiger partial charge in [0.25, 0.3) is 0 Å². The summed E-state index contributed by atoms with van der Waals surface area (Å²) >= 11 is 0. The van der Waals surface area contributed by atoms with Gasteiger partial charge in [0.2, 0.25) is 0 Å². The van der Waals surface area contributed by atoms with E-state index < -0.39 is 0 Å². The molecule has 3 N–H and O–H groups in total. The monoisotopic (exact) mass is 233 g/mol. The summed E-state index contributed by atoms with van der Waals surface area (Å²) in [6.07, 6.45) is 0. The van der Waals surface area contributed by atoms with Gasteiger partial charge in [0.15, 0.2) is 0 Å². The maximum atomic E-state index is 12.9. The molecule has 1 aromatic heterocycles. The zero-order chi connectivity index (χ0) is 12.4. The maximum Gasteiger partial charge on any atom is 0.123 e. The highest BCUT2D eigenvalue weighted by atomic mass is 19.1. The van der Waals surface area contributed by atoms with Crippen LogP contribution in [0.15, 0.2) is 24.3 Å². The fourth-order valence-corrected chi connectivity index (χ4v) is 1.78. The largest absolute Gasteiger partial charge is 0.344 e. The van der Waals surface area contributed by atoms with Crippen molar-refractivity contribution in [3.63, 3.8) is 0 Å². The molecule has 0 aliphatic carbocycles. The predicted molar refractivity (Wildman–Crippen MR) is 66.0 cm³/mol. The second kappa shape index (κ2) is 4.67. The van der Waals surface area contributed by atoms with Gasteiger partial charge in [0.1, 0.15) is 11.6 Å². The molecule has 0 aliphatic rings. The van der Waals surface area contributed by atoms with E-state index in [0.717, 1.165) is 22.8 Å². The van der Waals surface area contributed by atoms with Crippen molar-refractivity contribution in [1.29, 1.82) is 0 Å². The molecule has 1 heterocycles. The first-order valence-electron chi connectivity index (χ1n) is 5.66. The Kier molecular flexibility index (Phi) is 3.24. The average molecular weight is 233 g/mol. The van der Waals surface area contributed by atoms with Crippen molar-refractivity contribution in [2.24, 2.45) is 5.73 Å². The smallest absolute Gasteiger partial charge is 0.123 e. The third kappa shape index (κ3) is 2.36. The Morgan fingerprint density at radius 3 is 2.47 bits per heavy atom. The van der Waals surface area contributed by atoms with Crippen molar-refractivity contribution in [2.75, 3.05) is 0 Å². The molecule has 3 nitrogen and oxygen atoms in total. The molecule has 0 aliphatic heterocycles. The number of nitrogens with one attached hydrogen (secondary N) is 1. The number of benzene rings is 1. The van der Waals surface area contributed by atoms with Crippen molar-refractivity contribution in [1.82, 2.24) is 9.97 Å². The van der Waals surface area contributed by atoms with E-state index in [1.165, 1.54) is 12.1 Å². The molecule has 0 amide bonds. The SMILES string of the molecule is CC(C)c1[nH]c(CN)nc1-c1ccc(F)cc1. The molecule has 2 aromatic rings. The predicted octanol–water partition coefficient (Wildman–Crippen LogP) is 2.80. The van der Waals surface area contributed by atoms with Crippen LogP contribution in [0.1, 0.15) is 31.3 Å². The van der Waals surface area contributed by atoms with Gasteiger partial charge in [-0.15, -0.1) is 0 Å². The third-order valence-corrected chi connectivity index (χ3v) is 2.67. The molecule has 0 saturated carbocycles. The molecule has 0 unspecified atom stereocenters. The number of imidazole rings is 1. The molecule has 0 spiro atoms. The zero-order valence-corrected chi connectivity index (χ0v) is 10.00. The van der Waals surface area contributed by atoms with Gasteiger partial charge < -0.3 is 10.7 Å². The van der Waals surface area contributed by atoms with Crippen LogP contribution in [-0.2, 0) is 6.54 Å². The number of halogens is 1. The van der Waals surface area contributed by atoms with Gasteiger partial charge in [0.05, 0.1) is 12.2 Å². The molecule has 0 saturated heterocycles. The van der Waals surface area contributed by atoms with Crippen LogP contribution in [0.5, 0.6) is 0 Å². The summed E-state index contributed by atoms with van der Waals surface area (Å²) < 4.78 is 12.9. The Labute approximate surface area is 99.9 Å². The fourth-order valence-electron chi connectivity index (χ4n) is 1.78. The molecule has 0 bridgehead atoms. The maximum absolute atomic E-state index is 12.9. The van der Waals surface area contributed by atoms with E-state index in [1.807, 2.05) is 0 Å². The van der Waals surface area contributed by atoms with Crippen molar-refractivity contribution < 1.29 is 4.39 Å². The molecule has 90 valence electrons. The van der Waals surface area contributed by atoms with Gasteiger partial charge in [-0.25, -0.2) is 9.37 Å². The zero-order valence-electron chi connectivity index (χ0n) is 10.00. The van der Waals surface area contributed by atoms with Crippen LogP contribution >= 0.6 is 0 Å². The lowest BCUT2D eigenvalue weighted by Gasteiger charge is -2.05. The molecule has 0 radical (unpaired) electrons. The van der Waals surface area contributed by atoms with Crippen molar-refractivity contribution in [2.45, 2.75) is 26.3 Å². The highest BCUT2D eigenvalue weighted by molar-refractivity contribution is 5.62. The van der Waals surface area contributed by atoms with Gasteiger partial charge >= 0.3 is 0 Å². The highest BCUT2D eigenvalue weighted by Gasteiger charge is 2.14. The van der Waals surface area contributed by atoms with Crippen molar-refractivity contribution in [3.8, 4) is 11.3 Å². The summed E-state index contributed by atoms with van der Waals surface area (Å²) in [7, 11) is 0. The Bertz CT molecular complexity index is 500. The minimum Gasteiger partial charge on any atom is -0.344 e. The molecular weight excluding hydrogens is 217 g/mol. The quantitative estimate of drug-likeness (QED) is 0.856. The van der Waals surface area contributed by atoms with E-state index >= 15 is 0 Å². The lowest BCUT2D eigenvalue weighted by Crippen LogP contribution is -1.98. The number of nitrogens with two attached hydrogens (primary N) is 1. The van der Waals surface area contributed by atoms with Crippen LogP contribution in [0.2, 0.25) is 0 Å². The van der Waals surface area contributed by atoms with Crippen LogP contribution < -0.4 is 5.73 Å². The minimum atomic E-state index is -0.241. The molecule has 17 heavy (non-hydrogen) atoms. The van der Waals surface area contributed by atoms with Gasteiger partial charge in [-0.3, -0.25) is 0 Å². The Morgan fingerprint density at radius 1 is 1.29 bits per heavy atom. The summed E-state index contributed by atoms with van der Waals surface area (Å²) in [5.41, 5.74) is 8.39. The number of aromatic nitrogens is 2. The number of hydrogen-bond donors (Lipinski definition) is 2. The van der Waals surface area contributed by atoms with E-state index in [2.05, 4.69) is 23.8 Å². The van der Waals surface area contributed by atoms with Crippen LogP contribution in [0.25, 0.3) is 11.3 Å². The number of rotatable bonds is 3. The summed E-state index contributed by atoms with van der Waals surface area (Å²) in [4.78, 5) is 7.66. The van der Waals surface area contributed by atoms with E-state index in [1.54, 1.807) is 12.1 Å². The number of H-pyrrole nitrogens is 1. The summed E-state index contributed by atoms with van der Waals surface area (Å²) in [6, 6.07) is 6.35. The summed E-state index contributed by atoms with van der Waals surface area (Å²) in [6.45, 7) is 4.54. The first-order valence-corrected chi connectivity index (χ1v) is 5.66.